The highest BCUT2D eigenvalue weighted by molar-refractivity contribution is 5.95. The van der Waals surface area contributed by atoms with Crippen LogP contribution in [0, 0.1) is 11.3 Å². The zero-order valence-electron chi connectivity index (χ0n) is 20.7. The van der Waals surface area contributed by atoms with Crippen molar-refractivity contribution in [1.29, 1.82) is 0 Å². The predicted molar refractivity (Wildman–Crippen MR) is 136 cm³/mol. The normalized spacial score (nSPS) is 22.0. The highest BCUT2D eigenvalue weighted by atomic mass is 16.2. The van der Waals surface area contributed by atoms with Crippen LogP contribution in [0.5, 0.6) is 0 Å². The van der Waals surface area contributed by atoms with Crippen molar-refractivity contribution in [2.24, 2.45) is 11.3 Å². The molecule has 1 spiro atoms. The first-order chi connectivity index (χ1) is 17.0. The number of piperidine rings is 1. The van der Waals surface area contributed by atoms with E-state index in [0.717, 1.165) is 56.3 Å². The van der Waals surface area contributed by atoms with Crippen LogP contribution in [0.3, 0.4) is 0 Å². The smallest absolute Gasteiger partial charge is 0.226 e. The van der Waals surface area contributed by atoms with Crippen LogP contribution in [-0.4, -0.2) is 42.0 Å². The maximum absolute atomic E-state index is 13.8. The Kier molecular flexibility index (Phi) is 6.88. The number of amides is 1. The fraction of sp³-hybridized carbons (Fsp3) is 0.500. The van der Waals surface area contributed by atoms with Crippen molar-refractivity contribution >= 4 is 17.5 Å². The van der Waals surface area contributed by atoms with Crippen LogP contribution in [-0.2, 0) is 22.4 Å². The SMILES string of the molecule is CC(=O)c1ccc(CC(=O)[C@@H]2c3ccccc3CCN2C(=O)C2CCC3(CCNCC3)CC2)cc1. The minimum Gasteiger partial charge on any atom is -0.328 e. The Bertz CT molecular complexity index is 1090. The molecule has 1 saturated carbocycles. The van der Waals surface area contributed by atoms with Crippen LogP contribution in [0.2, 0.25) is 0 Å². The molecule has 2 aromatic rings. The Morgan fingerprint density at radius 2 is 1.63 bits per heavy atom. The minimum atomic E-state index is -0.533. The summed E-state index contributed by atoms with van der Waals surface area (Å²) in [7, 11) is 0. The van der Waals surface area contributed by atoms with Crippen LogP contribution < -0.4 is 5.32 Å². The Morgan fingerprint density at radius 1 is 0.943 bits per heavy atom. The summed E-state index contributed by atoms with van der Waals surface area (Å²) in [5.41, 5.74) is 4.07. The topological polar surface area (TPSA) is 66.5 Å². The van der Waals surface area contributed by atoms with Gasteiger partial charge in [-0.25, -0.2) is 0 Å². The van der Waals surface area contributed by atoms with Gasteiger partial charge in [0.2, 0.25) is 5.91 Å². The first kappa shape index (κ1) is 23.9. The molecule has 1 saturated heterocycles. The van der Waals surface area contributed by atoms with Crippen LogP contribution in [0.4, 0.5) is 0 Å². The van der Waals surface area contributed by atoms with Gasteiger partial charge in [-0.15, -0.1) is 0 Å². The minimum absolute atomic E-state index is 0.0135. The van der Waals surface area contributed by atoms with Gasteiger partial charge in [0.05, 0.1) is 0 Å². The molecular formula is C30H36N2O3. The predicted octanol–water partition coefficient (Wildman–Crippen LogP) is 4.69. The zero-order chi connectivity index (χ0) is 24.4. The lowest BCUT2D eigenvalue weighted by Gasteiger charge is -2.45. The summed E-state index contributed by atoms with van der Waals surface area (Å²) < 4.78 is 0. The van der Waals surface area contributed by atoms with E-state index in [2.05, 4.69) is 11.4 Å². The number of hydrogen-bond donors (Lipinski definition) is 1. The molecule has 1 amide bonds. The average molecular weight is 473 g/mol. The van der Waals surface area contributed by atoms with E-state index in [1.165, 1.54) is 18.4 Å². The molecule has 0 radical (unpaired) electrons. The summed E-state index contributed by atoms with van der Waals surface area (Å²) in [6.07, 6.45) is 7.59. The molecule has 2 aromatic carbocycles. The molecule has 5 heteroatoms. The van der Waals surface area contributed by atoms with Gasteiger partial charge in [-0.1, -0.05) is 48.5 Å². The number of carbonyl (C=O) groups is 3. The van der Waals surface area contributed by atoms with E-state index in [4.69, 9.17) is 0 Å². The fourth-order valence-corrected chi connectivity index (χ4v) is 6.48. The third-order valence-corrected chi connectivity index (χ3v) is 8.67. The lowest BCUT2D eigenvalue weighted by molar-refractivity contribution is -0.145. The molecule has 35 heavy (non-hydrogen) atoms. The van der Waals surface area contributed by atoms with Gasteiger partial charge in [-0.05, 0) is 87.1 Å². The lowest BCUT2D eigenvalue weighted by Crippen LogP contribution is -2.48. The van der Waals surface area contributed by atoms with E-state index in [1.54, 1.807) is 19.1 Å². The highest BCUT2D eigenvalue weighted by Gasteiger charge is 2.42. The number of carbonyl (C=O) groups excluding carboxylic acids is 3. The third kappa shape index (κ3) is 4.97. The second-order valence-corrected chi connectivity index (χ2v) is 10.8. The Balaban J connectivity index is 1.35. The molecule has 1 N–H and O–H groups in total. The summed E-state index contributed by atoms with van der Waals surface area (Å²) in [4.78, 5) is 41.1. The van der Waals surface area contributed by atoms with E-state index in [1.807, 2.05) is 35.2 Å². The standard InChI is InChI=1S/C30H36N2O3/c1-21(33)23-8-6-22(7-9-23)20-27(34)28-26-5-3-2-4-24(26)12-19-32(28)29(35)25-10-13-30(14-11-25)15-17-31-18-16-30/h2-9,25,28,31H,10-20H2,1H3/t28-/m0/s1. The number of ketones is 2. The lowest BCUT2D eigenvalue weighted by atomic mass is 9.65. The summed E-state index contributed by atoms with van der Waals surface area (Å²) in [6.45, 7) is 4.32. The molecule has 184 valence electrons. The van der Waals surface area contributed by atoms with E-state index in [9.17, 15) is 14.4 Å². The van der Waals surface area contributed by atoms with Gasteiger partial charge in [0.15, 0.2) is 11.6 Å². The highest BCUT2D eigenvalue weighted by Crippen LogP contribution is 2.46. The molecule has 1 aliphatic carbocycles. The van der Waals surface area contributed by atoms with Gasteiger partial charge in [0.1, 0.15) is 6.04 Å². The van der Waals surface area contributed by atoms with Crippen LogP contribution in [0.25, 0.3) is 0 Å². The number of nitrogens with one attached hydrogen (secondary N) is 1. The van der Waals surface area contributed by atoms with Gasteiger partial charge in [0, 0.05) is 24.4 Å². The fourth-order valence-electron chi connectivity index (χ4n) is 6.48. The van der Waals surface area contributed by atoms with E-state index < -0.39 is 6.04 Å². The summed E-state index contributed by atoms with van der Waals surface area (Å²) in [5, 5.41) is 3.47. The Labute approximate surface area is 208 Å². The van der Waals surface area contributed by atoms with Gasteiger partial charge in [-0.2, -0.15) is 0 Å². The second kappa shape index (κ2) is 10.1. The van der Waals surface area contributed by atoms with Crippen molar-refractivity contribution in [3.63, 3.8) is 0 Å². The first-order valence-corrected chi connectivity index (χ1v) is 13.2. The van der Waals surface area contributed by atoms with Crippen molar-refractivity contribution in [3.05, 3.63) is 70.8 Å². The van der Waals surface area contributed by atoms with E-state index in [0.29, 0.717) is 17.5 Å². The number of fused-ring (bicyclic) bond motifs is 1. The molecule has 0 aromatic heterocycles. The first-order valence-electron chi connectivity index (χ1n) is 13.2. The summed E-state index contributed by atoms with van der Waals surface area (Å²) >= 11 is 0. The average Bonchev–Trinajstić information content (AvgIpc) is 2.89. The molecule has 2 fully saturated rings. The molecule has 1 atom stereocenters. The summed E-state index contributed by atoms with van der Waals surface area (Å²) in [5.74, 6) is 0.241. The van der Waals surface area contributed by atoms with Gasteiger partial charge in [0.25, 0.3) is 0 Å². The van der Waals surface area contributed by atoms with Crippen LogP contribution in [0.15, 0.2) is 48.5 Å². The van der Waals surface area contributed by atoms with Crippen LogP contribution >= 0.6 is 0 Å². The maximum Gasteiger partial charge on any atom is 0.226 e. The maximum atomic E-state index is 13.8. The zero-order valence-corrected chi connectivity index (χ0v) is 20.7. The second-order valence-electron chi connectivity index (χ2n) is 10.8. The molecule has 2 aliphatic heterocycles. The van der Waals surface area contributed by atoms with Gasteiger partial charge < -0.3 is 10.2 Å². The van der Waals surface area contributed by atoms with E-state index in [-0.39, 0.29) is 29.8 Å². The Morgan fingerprint density at radius 3 is 2.31 bits per heavy atom. The molecule has 0 unspecified atom stereocenters. The largest absolute Gasteiger partial charge is 0.328 e. The Hall–Kier alpha value is -2.79. The number of rotatable bonds is 5. The van der Waals surface area contributed by atoms with Crippen molar-refractivity contribution < 1.29 is 14.4 Å². The molecule has 3 aliphatic rings. The third-order valence-electron chi connectivity index (χ3n) is 8.67. The molecule has 2 heterocycles. The van der Waals surface area contributed by atoms with Crippen molar-refractivity contribution in [1.82, 2.24) is 10.2 Å². The summed E-state index contributed by atoms with van der Waals surface area (Å²) in [6, 6.07) is 14.8. The molecular weight excluding hydrogens is 436 g/mol. The van der Waals surface area contributed by atoms with E-state index >= 15 is 0 Å². The van der Waals surface area contributed by atoms with Crippen molar-refractivity contribution in [3.8, 4) is 0 Å². The van der Waals surface area contributed by atoms with Gasteiger partial charge in [-0.3, -0.25) is 14.4 Å². The van der Waals surface area contributed by atoms with Crippen molar-refractivity contribution in [2.45, 2.75) is 64.3 Å². The van der Waals surface area contributed by atoms with Gasteiger partial charge >= 0.3 is 0 Å². The molecule has 5 nitrogen and oxygen atoms in total. The number of benzene rings is 2. The molecule has 0 bridgehead atoms. The van der Waals surface area contributed by atoms with Crippen molar-refractivity contribution in [2.75, 3.05) is 19.6 Å². The number of nitrogens with zero attached hydrogens (tertiary/aromatic N) is 1. The molecule has 5 rings (SSSR count). The monoisotopic (exact) mass is 472 g/mol. The van der Waals surface area contributed by atoms with Crippen LogP contribution in [0.1, 0.15) is 78.5 Å². The number of Topliss-reactive ketones (excluding diaryl/α,β-unsaturated/α-hetero) is 2. The number of hydrogen-bond acceptors (Lipinski definition) is 4. The quantitative estimate of drug-likeness (QED) is 0.642.